The van der Waals surface area contributed by atoms with Crippen molar-refractivity contribution < 1.29 is 14.3 Å². The van der Waals surface area contributed by atoms with Gasteiger partial charge in [0.2, 0.25) is 12.7 Å². The molecule has 1 aromatic heterocycles. The summed E-state index contributed by atoms with van der Waals surface area (Å²) >= 11 is 0. The van der Waals surface area contributed by atoms with E-state index < -0.39 is 0 Å². The molecule has 9 nitrogen and oxygen atoms in total. The molecule has 0 spiro atoms. The number of hydrogen-bond acceptors (Lipinski definition) is 7. The van der Waals surface area contributed by atoms with Crippen LogP contribution in [0.25, 0.3) is 0 Å². The van der Waals surface area contributed by atoms with Crippen LogP contribution in [0.5, 0.6) is 11.5 Å². The molecule has 0 atom stereocenters. The molecule has 2 heterocycles. The van der Waals surface area contributed by atoms with Gasteiger partial charge in [-0.05, 0) is 63.5 Å². The van der Waals surface area contributed by atoms with Crippen LogP contribution < -0.4 is 30.3 Å². The molecular weight excluding hydrogens is 420 g/mol. The summed E-state index contributed by atoms with van der Waals surface area (Å²) in [4.78, 5) is 24.2. The molecule has 1 aromatic carbocycles. The number of urea groups is 1. The zero-order valence-corrected chi connectivity index (χ0v) is 19.3. The number of amides is 2. The van der Waals surface area contributed by atoms with Crippen LogP contribution in [-0.2, 0) is 12.8 Å². The number of carbonyl (C=O) groups is 1. The van der Waals surface area contributed by atoms with Gasteiger partial charge >= 0.3 is 6.03 Å². The van der Waals surface area contributed by atoms with Crippen molar-refractivity contribution in [2.75, 3.05) is 36.4 Å². The van der Waals surface area contributed by atoms with Crippen molar-refractivity contribution in [3.05, 3.63) is 29.5 Å². The van der Waals surface area contributed by atoms with Gasteiger partial charge in [-0.25, -0.2) is 9.78 Å². The van der Waals surface area contributed by atoms with E-state index in [9.17, 15) is 4.79 Å². The second-order valence-electron chi connectivity index (χ2n) is 9.26. The van der Waals surface area contributed by atoms with Crippen molar-refractivity contribution in [3.63, 3.8) is 0 Å². The first-order chi connectivity index (χ1) is 16.0. The summed E-state index contributed by atoms with van der Waals surface area (Å²) in [7, 11) is 4.10. The minimum atomic E-state index is -0.195. The highest BCUT2D eigenvalue weighted by Crippen LogP contribution is 2.34. The highest BCUT2D eigenvalue weighted by atomic mass is 16.7. The summed E-state index contributed by atoms with van der Waals surface area (Å²) in [5, 5.41) is 9.55. The van der Waals surface area contributed by atoms with E-state index in [2.05, 4.69) is 20.9 Å². The molecule has 0 unspecified atom stereocenters. The topological polar surface area (TPSA) is 101 Å². The predicted octanol–water partition coefficient (Wildman–Crippen LogP) is 3.69. The molecular formula is C24H32N6O3. The highest BCUT2D eigenvalue weighted by Gasteiger charge is 2.25. The first kappa shape index (κ1) is 21.6. The smallest absolute Gasteiger partial charge is 0.319 e. The van der Waals surface area contributed by atoms with Crippen molar-refractivity contribution in [2.45, 2.75) is 63.5 Å². The second-order valence-corrected chi connectivity index (χ2v) is 9.26. The number of nitrogens with one attached hydrogen (secondary N) is 3. The summed E-state index contributed by atoms with van der Waals surface area (Å²) in [6.07, 6.45) is 8.26. The van der Waals surface area contributed by atoms with E-state index in [1.807, 2.05) is 20.2 Å². The lowest BCUT2D eigenvalue weighted by atomic mass is 9.91. The van der Waals surface area contributed by atoms with Gasteiger partial charge < -0.3 is 30.3 Å². The maximum atomic E-state index is 12.5. The van der Waals surface area contributed by atoms with Crippen molar-refractivity contribution in [1.82, 2.24) is 15.3 Å². The summed E-state index contributed by atoms with van der Waals surface area (Å²) in [5.74, 6) is 3.13. The Bertz CT molecular complexity index is 1020. The van der Waals surface area contributed by atoms with E-state index in [0.717, 1.165) is 50.3 Å². The Hall–Kier alpha value is -3.23. The first-order valence-corrected chi connectivity index (χ1v) is 11.9. The predicted molar refractivity (Wildman–Crippen MR) is 127 cm³/mol. The Kier molecular flexibility index (Phi) is 6.11. The number of ether oxygens (including phenoxy) is 2. The number of rotatable bonds is 5. The number of hydrogen-bond donors (Lipinski definition) is 3. The molecule has 0 bridgehead atoms. The zero-order valence-electron chi connectivity index (χ0n) is 19.3. The van der Waals surface area contributed by atoms with Gasteiger partial charge in [0.1, 0.15) is 5.82 Å². The lowest BCUT2D eigenvalue weighted by molar-refractivity contribution is 0.174. The fourth-order valence-corrected chi connectivity index (χ4v) is 4.90. The van der Waals surface area contributed by atoms with Gasteiger partial charge in [-0.2, -0.15) is 4.98 Å². The summed E-state index contributed by atoms with van der Waals surface area (Å²) in [5.41, 5.74) is 3.18. The van der Waals surface area contributed by atoms with Crippen LogP contribution in [0.2, 0.25) is 0 Å². The van der Waals surface area contributed by atoms with Gasteiger partial charge in [-0.15, -0.1) is 0 Å². The van der Waals surface area contributed by atoms with E-state index in [0.29, 0.717) is 23.2 Å². The largest absolute Gasteiger partial charge is 0.454 e. The fourth-order valence-electron chi connectivity index (χ4n) is 4.90. The van der Waals surface area contributed by atoms with E-state index in [-0.39, 0.29) is 18.9 Å². The molecule has 2 aromatic rings. The molecule has 0 saturated heterocycles. The number of aromatic nitrogens is 2. The van der Waals surface area contributed by atoms with Crippen LogP contribution in [0.1, 0.15) is 49.8 Å². The summed E-state index contributed by atoms with van der Waals surface area (Å²) in [6, 6.07) is 5.67. The molecule has 176 valence electrons. The molecule has 9 heteroatoms. The molecule has 1 saturated carbocycles. The Morgan fingerprint density at radius 3 is 2.58 bits per heavy atom. The molecule has 3 aliphatic rings. The minimum Gasteiger partial charge on any atom is -0.454 e. The monoisotopic (exact) mass is 452 g/mol. The van der Waals surface area contributed by atoms with Crippen LogP contribution in [0.15, 0.2) is 18.2 Å². The number of anilines is 3. The molecule has 2 amide bonds. The van der Waals surface area contributed by atoms with E-state index in [1.165, 1.54) is 24.1 Å². The van der Waals surface area contributed by atoms with Gasteiger partial charge in [0.15, 0.2) is 11.5 Å². The Labute approximate surface area is 194 Å². The number of fused-ring (bicyclic) bond motifs is 2. The van der Waals surface area contributed by atoms with E-state index in [4.69, 9.17) is 19.4 Å². The first-order valence-electron chi connectivity index (χ1n) is 11.9. The average molecular weight is 453 g/mol. The standard InChI is InChI=1S/C24H32N6O3/c1-30(2)22-18-5-3-4-6-19(18)28-23(29-22)25-15-7-9-16(10-8-15)26-24(31)27-17-11-12-20-21(13-17)33-14-32-20/h11-13,15-16H,3-10,14H2,1-2H3,(H,25,28,29)(H2,26,27,31)/t15-,16+. The van der Waals surface area contributed by atoms with Gasteiger partial charge in [0.05, 0.1) is 5.69 Å². The SMILES string of the molecule is CN(C)c1nc(N[C@H]2CC[C@@H](NC(=O)Nc3ccc4c(c3)OCO4)CC2)nc2c1CCCC2. The molecule has 5 rings (SSSR count). The molecule has 1 fully saturated rings. The van der Waals surface area contributed by atoms with Crippen molar-refractivity contribution in [3.8, 4) is 11.5 Å². The van der Waals surface area contributed by atoms with Crippen LogP contribution in [0.4, 0.5) is 22.2 Å². The van der Waals surface area contributed by atoms with Crippen molar-refractivity contribution in [2.24, 2.45) is 0 Å². The quantitative estimate of drug-likeness (QED) is 0.636. The molecule has 1 aliphatic heterocycles. The Morgan fingerprint density at radius 1 is 1.00 bits per heavy atom. The normalized spacial score (nSPS) is 21.2. The van der Waals surface area contributed by atoms with E-state index >= 15 is 0 Å². The molecule has 33 heavy (non-hydrogen) atoms. The maximum absolute atomic E-state index is 12.5. The van der Waals surface area contributed by atoms with Crippen LogP contribution in [0.3, 0.4) is 0 Å². The lowest BCUT2D eigenvalue weighted by Crippen LogP contribution is -2.42. The molecule has 2 aliphatic carbocycles. The van der Waals surface area contributed by atoms with Gasteiger partial charge in [-0.1, -0.05) is 0 Å². The summed E-state index contributed by atoms with van der Waals surface area (Å²) in [6.45, 7) is 0.217. The fraction of sp³-hybridized carbons (Fsp3) is 0.542. The lowest BCUT2D eigenvalue weighted by Gasteiger charge is -2.30. The third kappa shape index (κ3) is 4.91. The minimum absolute atomic E-state index is 0.152. The molecule has 0 radical (unpaired) electrons. The highest BCUT2D eigenvalue weighted by molar-refractivity contribution is 5.89. The van der Waals surface area contributed by atoms with Crippen molar-refractivity contribution in [1.29, 1.82) is 0 Å². The number of benzene rings is 1. The maximum Gasteiger partial charge on any atom is 0.319 e. The van der Waals surface area contributed by atoms with Gasteiger partial charge in [0.25, 0.3) is 0 Å². The van der Waals surface area contributed by atoms with Gasteiger partial charge in [-0.3, -0.25) is 0 Å². The zero-order chi connectivity index (χ0) is 22.8. The van der Waals surface area contributed by atoms with Crippen LogP contribution in [-0.4, -0.2) is 49.0 Å². The Balaban J connectivity index is 1.13. The van der Waals surface area contributed by atoms with Crippen molar-refractivity contribution >= 4 is 23.5 Å². The molecule has 3 N–H and O–H groups in total. The average Bonchev–Trinajstić information content (AvgIpc) is 3.27. The third-order valence-corrected chi connectivity index (χ3v) is 6.61. The Morgan fingerprint density at radius 2 is 1.76 bits per heavy atom. The number of aryl methyl sites for hydroxylation is 1. The van der Waals surface area contributed by atoms with E-state index in [1.54, 1.807) is 12.1 Å². The third-order valence-electron chi connectivity index (χ3n) is 6.61. The summed E-state index contributed by atoms with van der Waals surface area (Å²) < 4.78 is 10.7. The number of nitrogens with zero attached hydrogens (tertiary/aromatic N) is 3. The van der Waals surface area contributed by atoms with Crippen LogP contribution in [0, 0.1) is 0 Å². The second kappa shape index (κ2) is 9.33. The van der Waals surface area contributed by atoms with Gasteiger partial charge in [0, 0.05) is 43.5 Å². The van der Waals surface area contributed by atoms with Crippen LogP contribution >= 0.6 is 0 Å². The number of carbonyl (C=O) groups excluding carboxylic acids is 1.